The van der Waals surface area contributed by atoms with Gasteiger partial charge < -0.3 is 19.3 Å². The van der Waals surface area contributed by atoms with Crippen LogP contribution in [0.15, 0.2) is 78.9 Å². The minimum Gasteiger partial charge on any atom is -0.497 e. The Morgan fingerprint density at radius 3 is 2.09 bits per heavy atom. The normalized spacial score (nSPS) is 18.8. The molecule has 1 N–H and O–H groups in total. The van der Waals surface area contributed by atoms with Crippen molar-refractivity contribution in [2.75, 3.05) is 19.1 Å². The molecule has 0 spiro atoms. The molecule has 0 aromatic heterocycles. The number of methoxy groups -OCH3 is 2. The van der Waals surface area contributed by atoms with Crippen LogP contribution in [-0.4, -0.2) is 37.6 Å². The molecule has 3 aromatic carbocycles. The van der Waals surface area contributed by atoms with Gasteiger partial charge in [-0.05, 0) is 60.4 Å². The lowest BCUT2D eigenvalue weighted by Crippen LogP contribution is -2.35. The summed E-state index contributed by atoms with van der Waals surface area (Å²) in [6.45, 7) is 0. The lowest BCUT2D eigenvalue weighted by molar-refractivity contribution is 0.0146. The van der Waals surface area contributed by atoms with Crippen molar-refractivity contribution in [1.82, 2.24) is 0 Å². The molecule has 6 heteroatoms. The largest absolute Gasteiger partial charge is 0.497 e. The van der Waals surface area contributed by atoms with Crippen LogP contribution < -0.4 is 14.4 Å². The highest BCUT2D eigenvalue weighted by atomic mass is 16.6. The van der Waals surface area contributed by atoms with Crippen molar-refractivity contribution in [2.45, 2.75) is 31.1 Å². The van der Waals surface area contributed by atoms with E-state index in [1.54, 1.807) is 31.3 Å². The number of carbonyl (C=O) groups is 1. The molecule has 0 saturated carbocycles. The maximum Gasteiger partial charge on any atom is 0.415 e. The number of nitrogens with zero attached hydrogens (tertiary/aromatic N) is 1. The number of hydrogen-bond acceptors (Lipinski definition) is 5. The monoisotopic (exact) mass is 433 g/mol. The van der Waals surface area contributed by atoms with Crippen molar-refractivity contribution < 1.29 is 24.1 Å². The smallest absolute Gasteiger partial charge is 0.415 e. The van der Waals surface area contributed by atoms with E-state index in [9.17, 15) is 9.90 Å². The van der Waals surface area contributed by atoms with Crippen LogP contribution in [0.1, 0.15) is 23.6 Å². The van der Waals surface area contributed by atoms with E-state index in [-0.39, 0.29) is 0 Å². The number of benzene rings is 3. The van der Waals surface area contributed by atoms with Gasteiger partial charge in [-0.15, -0.1) is 0 Å². The van der Waals surface area contributed by atoms with Gasteiger partial charge in [0.2, 0.25) is 0 Å². The minimum absolute atomic E-state index is 0.477. The third-order valence-corrected chi connectivity index (χ3v) is 5.78. The number of aliphatic hydroxyl groups is 1. The number of hydrogen-bond donors (Lipinski definition) is 1. The molecule has 166 valence electrons. The van der Waals surface area contributed by atoms with Crippen molar-refractivity contribution in [3.63, 3.8) is 0 Å². The lowest BCUT2D eigenvalue weighted by atomic mass is 9.93. The highest BCUT2D eigenvalue weighted by Gasteiger charge is 2.46. The van der Waals surface area contributed by atoms with Crippen LogP contribution in [0.5, 0.6) is 11.5 Å². The van der Waals surface area contributed by atoms with Gasteiger partial charge in [-0.1, -0.05) is 42.5 Å². The number of aliphatic hydroxyl groups excluding tert-OH is 1. The molecule has 0 aliphatic carbocycles. The van der Waals surface area contributed by atoms with Crippen LogP contribution in [0.2, 0.25) is 0 Å². The Balaban J connectivity index is 1.63. The average Bonchev–Trinajstić information content (AvgIpc) is 3.20. The van der Waals surface area contributed by atoms with Crippen molar-refractivity contribution in [1.29, 1.82) is 0 Å². The molecule has 1 heterocycles. The molecule has 32 heavy (non-hydrogen) atoms. The number of rotatable bonds is 8. The summed E-state index contributed by atoms with van der Waals surface area (Å²) in [5.41, 5.74) is 2.66. The summed E-state index contributed by atoms with van der Waals surface area (Å²) in [5.74, 6) is 1.41. The quantitative estimate of drug-likeness (QED) is 0.555. The molecule has 1 fully saturated rings. The molecule has 3 unspecified atom stereocenters. The third-order valence-electron chi connectivity index (χ3n) is 5.78. The average molecular weight is 434 g/mol. The highest BCUT2D eigenvalue weighted by molar-refractivity contribution is 5.91. The SMILES string of the molecule is COc1ccc(C2C(C(O)CCc3ccccc3)OC(=O)N2c2ccc(OC)cc2)cc1. The maximum absolute atomic E-state index is 13.0. The van der Waals surface area contributed by atoms with Crippen LogP contribution in [0, 0.1) is 0 Å². The Hall–Kier alpha value is -3.51. The Labute approximate surface area is 188 Å². The molecular formula is C26H27NO5. The second kappa shape index (κ2) is 9.75. The first-order valence-corrected chi connectivity index (χ1v) is 10.6. The summed E-state index contributed by atoms with van der Waals surface area (Å²) in [6, 6.07) is 24.2. The first kappa shape index (κ1) is 21.7. The van der Waals surface area contributed by atoms with Gasteiger partial charge in [-0.2, -0.15) is 0 Å². The summed E-state index contributed by atoms with van der Waals surface area (Å²) in [4.78, 5) is 14.6. The van der Waals surface area contributed by atoms with E-state index in [0.29, 0.717) is 24.3 Å². The Morgan fingerprint density at radius 2 is 1.50 bits per heavy atom. The van der Waals surface area contributed by atoms with Gasteiger partial charge in [0.25, 0.3) is 0 Å². The number of carbonyl (C=O) groups excluding carboxylic acids is 1. The summed E-state index contributed by atoms with van der Waals surface area (Å²) in [7, 11) is 3.20. The van der Waals surface area contributed by atoms with E-state index < -0.39 is 24.3 Å². The van der Waals surface area contributed by atoms with Crippen LogP contribution in [0.4, 0.5) is 10.5 Å². The molecule has 1 amide bonds. The number of cyclic esters (lactones) is 1. The lowest BCUT2D eigenvalue weighted by Gasteiger charge is -2.28. The maximum atomic E-state index is 13.0. The second-order valence-electron chi connectivity index (χ2n) is 7.73. The summed E-state index contributed by atoms with van der Waals surface area (Å²) >= 11 is 0. The zero-order chi connectivity index (χ0) is 22.5. The fourth-order valence-electron chi connectivity index (χ4n) is 4.06. The number of amides is 1. The van der Waals surface area contributed by atoms with Crippen molar-refractivity contribution >= 4 is 11.8 Å². The highest BCUT2D eigenvalue weighted by Crippen LogP contribution is 2.40. The van der Waals surface area contributed by atoms with E-state index in [2.05, 4.69) is 0 Å². The zero-order valence-electron chi connectivity index (χ0n) is 18.2. The van der Waals surface area contributed by atoms with E-state index in [4.69, 9.17) is 14.2 Å². The molecule has 1 aliphatic rings. The molecule has 3 aromatic rings. The molecule has 6 nitrogen and oxygen atoms in total. The van der Waals surface area contributed by atoms with E-state index in [1.165, 1.54) is 0 Å². The molecule has 0 radical (unpaired) electrons. The fourth-order valence-corrected chi connectivity index (χ4v) is 4.06. The predicted octanol–water partition coefficient (Wildman–Crippen LogP) is 4.76. The van der Waals surface area contributed by atoms with Crippen LogP contribution >= 0.6 is 0 Å². The Bertz CT molecular complexity index is 1020. The van der Waals surface area contributed by atoms with Gasteiger partial charge in [-0.25, -0.2) is 4.79 Å². The fraction of sp³-hybridized carbons (Fsp3) is 0.269. The van der Waals surface area contributed by atoms with E-state index in [0.717, 1.165) is 16.9 Å². The van der Waals surface area contributed by atoms with E-state index in [1.807, 2.05) is 66.7 Å². The van der Waals surface area contributed by atoms with Crippen LogP contribution in [0.3, 0.4) is 0 Å². The van der Waals surface area contributed by atoms with Crippen molar-refractivity contribution in [3.8, 4) is 11.5 Å². The van der Waals surface area contributed by atoms with Gasteiger partial charge in [0.05, 0.1) is 20.3 Å². The zero-order valence-corrected chi connectivity index (χ0v) is 18.2. The van der Waals surface area contributed by atoms with Crippen LogP contribution in [0.25, 0.3) is 0 Å². The van der Waals surface area contributed by atoms with E-state index >= 15 is 0 Å². The number of anilines is 1. The third kappa shape index (κ3) is 4.55. The Morgan fingerprint density at radius 1 is 0.906 bits per heavy atom. The number of ether oxygens (including phenoxy) is 3. The van der Waals surface area contributed by atoms with Crippen molar-refractivity contribution in [3.05, 3.63) is 90.0 Å². The van der Waals surface area contributed by atoms with Gasteiger partial charge in [-0.3, -0.25) is 4.90 Å². The molecule has 1 saturated heterocycles. The first-order valence-electron chi connectivity index (χ1n) is 10.6. The molecule has 3 atom stereocenters. The minimum atomic E-state index is -0.825. The van der Waals surface area contributed by atoms with Gasteiger partial charge in [0.1, 0.15) is 17.5 Å². The molecule has 0 bridgehead atoms. The van der Waals surface area contributed by atoms with Gasteiger partial charge in [0.15, 0.2) is 6.10 Å². The summed E-state index contributed by atoms with van der Waals surface area (Å²) in [6.07, 6.45) is -0.852. The first-order chi connectivity index (χ1) is 15.6. The Kier molecular flexibility index (Phi) is 6.61. The topological polar surface area (TPSA) is 68.2 Å². The molecular weight excluding hydrogens is 406 g/mol. The standard InChI is InChI=1S/C26H27NO5/c1-30-21-13-9-19(10-14-21)24-25(23(28)17-8-18-6-4-3-5-7-18)32-26(29)27(24)20-11-15-22(31-2)16-12-20/h3-7,9-16,23-25,28H,8,17H2,1-2H3. The molecule has 1 aliphatic heterocycles. The van der Waals surface area contributed by atoms with Gasteiger partial charge >= 0.3 is 6.09 Å². The van der Waals surface area contributed by atoms with Crippen molar-refractivity contribution in [2.24, 2.45) is 0 Å². The second-order valence-corrected chi connectivity index (χ2v) is 7.73. The molecule has 4 rings (SSSR count). The summed E-state index contributed by atoms with van der Waals surface area (Å²) in [5, 5.41) is 11.1. The number of aryl methyl sites for hydroxylation is 1. The predicted molar refractivity (Wildman–Crippen MR) is 122 cm³/mol. The van der Waals surface area contributed by atoms with Crippen LogP contribution in [-0.2, 0) is 11.2 Å². The van der Waals surface area contributed by atoms with Gasteiger partial charge in [0, 0.05) is 5.69 Å². The summed E-state index contributed by atoms with van der Waals surface area (Å²) < 4.78 is 16.3.